The van der Waals surface area contributed by atoms with E-state index >= 15 is 0 Å². The molecule has 0 spiro atoms. The maximum absolute atomic E-state index is 12.8. The number of hydrogen-bond acceptors (Lipinski definition) is 23. The summed E-state index contributed by atoms with van der Waals surface area (Å²) in [6.07, 6.45) is 27.7. The molecule has 14 rings (SSSR count). The van der Waals surface area contributed by atoms with Gasteiger partial charge >= 0.3 is 18.2 Å². The number of aliphatic carboxylic acids is 1. The van der Waals surface area contributed by atoms with Crippen LogP contribution in [0.4, 0.5) is 49.8 Å². The summed E-state index contributed by atoms with van der Waals surface area (Å²) >= 11 is 5.79. The van der Waals surface area contributed by atoms with Gasteiger partial charge in [-0.3, -0.25) is 28.3 Å². The number of carboxylic acid groups (broad SMARTS) is 1. The second-order valence-electron chi connectivity index (χ2n) is 35.1. The molecule has 8 aromatic heterocycles. The summed E-state index contributed by atoms with van der Waals surface area (Å²) in [5.74, 6) is 6.22. The van der Waals surface area contributed by atoms with Crippen molar-refractivity contribution in [3.8, 4) is 45.6 Å². The molecule has 123 heavy (non-hydrogen) atoms. The Hall–Kier alpha value is -11.5. The minimum atomic E-state index is -0.630. The van der Waals surface area contributed by atoms with Crippen molar-refractivity contribution in [2.45, 2.75) is 184 Å². The van der Waals surface area contributed by atoms with Gasteiger partial charge < -0.3 is 54.6 Å². The van der Waals surface area contributed by atoms with Crippen LogP contribution in [0.5, 0.6) is 0 Å². The molecule has 3 amide bonds. The number of aromatic nitrogens is 16. The van der Waals surface area contributed by atoms with Gasteiger partial charge in [0.25, 0.3) is 0 Å². The van der Waals surface area contributed by atoms with Crippen LogP contribution in [0.2, 0.25) is 5.15 Å². The molecule has 6 aliphatic rings. The van der Waals surface area contributed by atoms with Crippen molar-refractivity contribution in [2.24, 2.45) is 63.7 Å². The fourth-order valence-corrected chi connectivity index (χ4v) is 14.5. The van der Waals surface area contributed by atoms with Crippen LogP contribution in [-0.4, -0.2) is 237 Å². The summed E-state index contributed by atoms with van der Waals surface area (Å²) < 4.78 is 17.9. The molecule has 0 unspecified atom stereocenters. The highest BCUT2D eigenvalue weighted by atomic mass is 35.5. The smallest absolute Gasteiger partial charge is 0.410 e. The number of amides is 3. The van der Waals surface area contributed by atoms with E-state index in [0.717, 1.165) is 119 Å². The van der Waals surface area contributed by atoms with E-state index in [0.29, 0.717) is 127 Å². The molecule has 3 N–H and O–H groups in total. The summed E-state index contributed by atoms with van der Waals surface area (Å²) in [6.45, 7) is 67.0. The summed E-state index contributed by atoms with van der Waals surface area (Å²) in [5, 5.41) is 31.7. The fraction of sp³-hybridized carbons (Fsp3) is 0.581. The first kappa shape index (κ1) is 97.0. The van der Waals surface area contributed by atoms with Gasteiger partial charge in [-0.05, 0) is 117 Å². The lowest BCUT2D eigenvalue weighted by atomic mass is 9.99. The molecule has 2 saturated carbocycles. The number of carbonyl (C=O) groups is 4. The number of rotatable bonds is 17. The highest BCUT2D eigenvalue weighted by Gasteiger charge is 2.41. The Morgan fingerprint density at radius 1 is 0.463 bits per heavy atom. The largest absolute Gasteiger partial charge is 0.481 e. The number of carbonyl (C=O) groups excluding carboxylic acids is 3. The Labute approximate surface area is 733 Å². The van der Waals surface area contributed by atoms with Gasteiger partial charge in [-0.1, -0.05) is 67.0 Å². The summed E-state index contributed by atoms with van der Waals surface area (Å²) in [6, 6.07) is 0.805. The van der Waals surface area contributed by atoms with Gasteiger partial charge in [-0.15, -0.1) is 12.4 Å². The van der Waals surface area contributed by atoms with Gasteiger partial charge in [-0.25, -0.2) is 68.8 Å². The third-order valence-electron chi connectivity index (χ3n) is 20.2. The molecule has 2 aliphatic carbocycles. The van der Waals surface area contributed by atoms with E-state index in [1.807, 2.05) is 91.1 Å². The Bertz CT molecular complexity index is 5010. The quantitative estimate of drug-likeness (QED) is 0.0563. The summed E-state index contributed by atoms with van der Waals surface area (Å²) in [7, 11) is 7.36. The number of nitrogens with one attached hydrogen (secondary N) is 2. The first-order chi connectivity index (χ1) is 57.9. The van der Waals surface area contributed by atoms with E-state index in [1.165, 1.54) is 6.20 Å². The topological polar surface area (TPSA) is 342 Å². The van der Waals surface area contributed by atoms with Gasteiger partial charge in [0.15, 0.2) is 23.3 Å². The molecular formula is C86H120Cl2N28O7. The zero-order valence-corrected chi connectivity index (χ0v) is 75.7. The molecule has 6 fully saturated rings. The SMILES string of the molecule is CC(C)C[C@@H]1CNCCN1C(=O)OC(C)(C)C.Cl.O=C(O)C1CC1.[C-]#[N+]c1cnc(-c2cnn(C)c2)nc1Cl.[C-]#[N+]c1cnc(-c2cnn(C)c2)nc1N1CCN(C(=O)C2CC2)[C@H](CC(C)C)C1.[C-]#[N+]c1cnc(-c2cnn(C)c2)nc1N1CCN(C(=O)OC(C)(C)C)[C@H](CC(C)C)C1.[C-]#[N+]c1cnc(-c2cnn(C)c2)nc1N1CCN[C@H](CC(C)C)C1. The first-order valence-electron chi connectivity index (χ1n) is 41.7. The minimum Gasteiger partial charge on any atom is -0.481 e. The van der Waals surface area contributed by atoms with Crippen LogP contribution in [0.25, 0.3) is 64.9 Å². The summed E-state index contributed by atoms with van der Waals surface area (Å²) in [4.78, 5) is 109. The van der Waals surface area contributed by atoms with Crippen molar-refractivity contribution in [3.63, 3.8) is 0 Å². The lowest BCUT2D eigenvalue weighted by Crippen LogP contribution is -2.56. The van der Waals surface area contributed by atoms with Crippen LogP contribution in [0, 0.1) is 61.8 Å². The van der Waals surface area contributed by atoms with Crippen LogP contribution in [0.3, 0.4) is 0 Å². The minimum absolute atomic E-state index is 0. The van der Waals surface area contributed by atoms with Crippen LogP contribution in [0.15, 0.2) is 74.4 Å². The number of anilines is 3. The van der Waals surface area contributed by atoms with Crippen LogP contribution >= 0.6 is 24.0 Å². The number of nitrogens with zero attached hydrogens (tertiary/aromatic N) is 26. The zero-order chi connectivity index (χ0) is 88.9. The van der Waals surface area contributed by atoms with E-state index < -0.39 is 17.2 Å². The number of aryl methyl sites for hydroxylation is 4. The monoisotopic (exact) mass is 1730 g/mol. The van der Waals surface area contributed by atoms with Crippen molar-refractivity contribution < 1.29 is 33.8 Å². The fourth-order valence-electron chi connectivity index (χ4n) is 14.3. The average molecular weight is 1730 g/mol. The van der Waals surface area contributed by atoms with Gasteiger partial charge in [0.1, 0.15) is 33.8 Å². The van der Waals surface area contributed by atoms with Crippen molar-refractivity contribution in [1.82, 2.24) is 104 Å². The Kier molecular flexibility index (Phi) is 35.1. The molecule has 37 heteroatoms. The van der Waals surface area contributed by atoms with Gasteiger partial charge in [-0.2, -0.15) is 20.4 Å². The highest BCUT2D eigenvalue weighted by molar-refractivity contribution is 6.32. The molecule has 4 atom stereocenters. The number of hydrogen-bond donors (Lipinski definition) is 3. The van der Waals surface area contributed by atoms with E-state index in [9.17, 15) is 19.2 Å². The zero-order valence-electron chi connectivity index (χ0n) is 74.2. The lowest BCUT2D eigenvalue weighted by molar-refractivity contribution is -0.138. The Morgan fingerprint density at radius 2 is 0.813 bits per heavy atom. The Balaban J connectivity index is 0.000000191. The van der Waals surface area contributed by atoms with Crippen molar-refractivity contribution in [3.05, 3.63) is 125 Å². The third kappa shape index (κ3) is 29.1. The van der Waals surface area contributed by atoms with Crippen LogP contribution < -0.4 is 25.3 Å². The lowest BCUT2D eigenvalue weighted by Gasteiger charge is -2.43. The molecule has 660 valence electrons. The summed E-state index contributed by atoms with van der Waals surface area (Å²) in [5.41, 5.74) is 3.92. The molecule has 4 saturated heterocycles. The highest BCUT2D eigenvalue weighted by Crippen LogP contribution is 2.38. The second kappa shape index (κ2) is 44.5. The van der Waals surface area contributed by atoms with E-state index in [4.69, 9.17) is 62.4 Å². The van der Waals surface area contributed by atoms with Crippen LogP contribution in [-0.2, 0) is 47.3 Å². The van der Waals surface area contributed by atoms with Crippen LogP contribution in [0.1, 0.15) is 148 Å². The Morgan fingerprint density at radius 3 is 1.15 bits per heavy atom. The predicted octanol–water partition coefficient (Wildman–Crippen LogP) is 14.3. The molecular weight excluding hydrogens is 1610 g/mol. The molecule has 0 aromatic carbocycles. The van der Waals surface area contributed by atoms with Gasteiger partial charge in [0.05, 0.1) is 85.3 Å². The molecule has 0 radical (unpaired) electrons. The molecule has 4 aliphatic heterocycles. The van der Waals surface area contributed by atoms with Gasteiger partial charge in [0, 0.05) is 180 Å². The van der Waals surface area contributed by atoms with E-state index in [-0.39, 0.29) is 65.4 Å². The van der Waals surface area contributed by atoms with Crippen molar-refractivity contribution in [1.29, 1.82) is 0 Å². The van der Waals surface area contributed by atoms with E-state index in [1.54, 1.807) is 75.3 Å². The molecule has 35 nitrogen and oxygen atoms in total. The first-order valence-corrected chi connectivity index (χ1v) is 42.1. The second-order valence-corrected chi connectivity index (χ2v) is 35.4. The van der Waals surface area contributed by atoms with Gasteiger partial charge in [0.2, 0.25) is 28.7 Å². The third-order valence-corrected chi connectivity index (χ3v) is 20.4. The standard InChI is InChI=1S/C22H31N7O2.C21H27N7O.C17H23N7.C13H26N2O2.C9H6ClN5.C4H6O2.ClH/c1-15(2)10-17-14-28(8-9-29(17)21(30)31-22(3,4)5)20-18(23-6)12-24-19(26-20)16-11-25-27(7)13-16;1-14(2)9-17-13-27(7-8-28(17)21(29)15-5-6-15)20-18(22-3)11-23-19(25-20)16-10-24-26(4)12-16;1-12(2)7-14-11-24(6-5-19-14)17-15(18-3)9-20-16(22-17)13-8-21-23(4)10-13;1-10(2)8-11-9-14-6-7-15(11)12(16)17-13(3,4)5;1-11-7-4-12-9(14-8(7)10)6-3-13-15(2)5-6;5-4(6)3-1-2-3;/h11-13,15,17H,8-10,14H2,1-5,7H3;10-12,14-15,17H,5-9,13H2,1-2,4H3;8-10,12,14,19H,5-7,11H2,1-2,4H3;10-11,14H,6-9H2,1-5H3;3-5H,2H3;3H,1-2H2,(H,5,6);1H/t2*17-;14-;11-;;;/m1111.../s1. The van der Waals surface area contributed by atoms with Crippen molar-refractivity contribution >= 4 is 88.3 Å². The maximum Gasteiger partial charge on any atom is 0.410 e. The number of piperazine rings is 4. The predicted molar refractivity (Wildman–Crippen MR) is 475 cm³/mol. The van der Waals surface area contributed by atoms with Crippen molar-refractivity contribution in [2.75, 3.05) is 93.2 Å². The van der Waals surface area contributed by atoms with E-state index in [2.05, 4.69) is 155 Å². The number of ether oxygens (including phenoxy) is 2. The molecule has 8 aromatic rings. The number of halogens is 2. The maximum atomic E-state index is 12.8. The molecule has 12 heterocycles. The average Bonchev–Trinajstić information content (AvgIpc) is 1.79. The normalized spacial score (nSPS) is 17.6. The molecule has 0 bridgehead atoms. The number of carboxylic acids is 1.